The lowest BCUT2D eigenvalue weighted by Crippen LogP contribution is -2.53. The normalized spacial score (nSPS) is 27.2. The van der Waals surface area contributed by atoms with Gasteiger partial charge in [0.25, 0.3) is 0 Å². The highest BCUT2D eigenvalue weighted by molar-refractivity contribution is 5.30. The molecular weight excluding hydrogens is 246 g/mol. The number of hydrogen-bond acceptors (Lipinski definition) is 3. The van der Waals surface area contributed by atoms with Crippen molar-refractivity contribution in [3.63, 3.8) is 0 Å². The second kappa shape index (κ2) is 5.84. The molecule has 0 aliphatic carbocycles. The van der Waals surface area contributed by atoms with Crippen molar-refractivity contribution in [2.75, 3.05) is 26.2 Å². The van der Waals surface area contributed by atoms with Gasteiger partial charge in [0.2, 0.25) is 0 Å². The number of hydrogen-bond donors (Lipinski definition) is 1. The van der Waals surface area contributed by atoms with Gasteiger partial charge in [0, 0.05) is 37.8 Å². The largest absolute Gasteiger partial charge is 0.326 e. The van der Waals surface area contributed by atoms with Crippen molar-refractivity contribution in [1.82, 2.24) is 9.80 Å². The molecule has 2 heterocycles. The SMILES string of the molecule is Cc1ccccc1C(C(C)N)N1CCN2CCCC2C1. The van der Waals surface area contributed by atoms with Gasteiger partial charge in [-0.25, -0.2) is 0 Å². The minimum Gasteiger partial charge on any atom is -0.326 e. The Kier molecular flexibility index (Phi) is 4.11. The summed E-state index contributed by atoms with van der Waals surface area (Å²) < 4.78 is 0. The van der Waals surface area contributed by atoms with Gasteiger partial charge in [0.05, 0.1) is 0 Å². The first kappa shape index (κ1) is 14.1. The Bertz CT molecular complexity index is 457. The number of piperazine rings is 1. The summed E-state index contributed by atoms with van der Waals surface area (Å²) in [5.41, 5.74) is 9.13. The van der Waals surface area contributed by atoms with E-state index in [4.69, 9.17) is 5.73 Å². The third-order valence-corrected chi connectivity index (χ3v) is 5.02. The van der Waals surface area contributed by atoms with E-state index in [9.17, 15) is 0 Å². The second-order valence-electron chi connectivity index (χ2n) is 6.49. The molecule has 0 aromatic heterocycles. The van der Waals surface area contributed by atoms with Crippen LogP contribution in [0.1, 0.15) is 36.9 Å². The van der Waals surface area contributed by atoms with Crippen molar-refractivity contribution in [3.8, 4) is 0 Å². The zero-order valence-electron chi connectivity index (χ0n) is 12.8. The van der Waals surface area contributed by atoms with Crippen LogP contribution in [0.4, 0.5) is 0 Å². The van der Waals surface area contributed by atoms with Crippen molar-refractivity contribution >= 4 is 0 Å². The van der Waals surface area contributed by atoms with E-state index in [0.29, 0.717) is 6.04 Å². The molecule has 0 saturated carbocycles. The number of nitrogens with two attached hydrogens (primary N) is 1. The molecule has 0 spiro atoms. The molecule has 3 unspecified atom stereocenters. The summed E-state index contributed by atoms with van der Waals surface area (Å²) in [7, 11) is 0. The highest BCUT2D eigenvalue weighted by Crippen LogP contribution is 2.31. The molecule has 3 heteroatoms. The van der Waals surface area contributed by atoms with E-state index in [2.05, 4.69) is 47.9 Å². The van der Waals surface area contributed by atoms with E-state index in [1.54, 1.807) is 0 Å². The van der Waals surface area contributed by atoms with Gasteiger partial charge in [-0.1, -0.05) is 24.3 Å². The summed E-state index contributed by atoms with van der Waals surface area (Å²) in [5.74, 6) is 0. The quantitative estimate of drug-likeness (QED) is 0.916. The molecule has 2 N–H and O–H groups in total. The average molecular weight is 273 g/mol. The Morgan fingerprint density at radius 2 is 2.00 bits per heavy atom. The molecule has 2 saturated heterocycles. The predicted molar refractivity (Wildman–Crippen MR) is 83.7 cm³/mol. The summed E-state index contributed by atoms with van der Waals surface area (Å²) in [6, 6.07) is 10.0. The molecule has 2 aliphatic heterocycles. The first-order valence-corrected chi connectivity index (χ1v) is 7.96. The minimum atomic E-state index is 0.170. The van der Waals surface area contributed by atoms with Gasteiger partial charge in [0.15, 0.2) is 0 Å². The summed E-state index contributed by atoms with van der Waals surface area (Å²) in [4.78, 5) is 5.28. The Labute approximate surface area is 122 Å². The zero-order valence-corrected chi connectivity index (χ0v) is 12.8. The molecule has 110 valence electrons. The number of benzene rings is 1. The van der Waals surface area contributed by atoms with Crippen LogP contribution in [0.25, 0.3) is 0 Å². The van der Waals surface area contributed by atoms with Crippen LogP contribution in [0.5, 0.6) is 0 Å². The van der Waals surface area contributed by atoms with E-state index in [1.807, 2.05) is 0 Å². The minimum absolute atomic E-state index is 0.170. The van der Waals surface area contributed by atoms with E-state index < -0.39 is 0 Å². The van der Waals surface area contributed by atoms with Crippen LogP contribution in [0.3, 0.4) is 0 Å². The fourth-order valence-electron chi connectivity index (χ4n) is 4.00. The van der Waals surface area contributed by atoms with Crippen molar-refractivity contribution in [3.05, 3.63) is 35.4 Å². The summed E-state index contributed by atoms with van der Waals surface area (Å²) in [5, 5.41) is 0. The lowest BCUT2D eigenvalue weighted by molar-refractivity contribution is 0.0633. The Balaban J connectivity index is 1.82. The maximum Gasteiger partial charge on any atom is 0.0500 e. The average Bonchev–Trinajstić information content (AvgIpc) is 2.88. The zero-order chi connectivity index (χ0) is 14.1. The van der Waals surface area contributed by atoms with Crippen molar-refractivity contribution < 1.29 is 0 Å². The highest BCUT2D eigenvalue weighted by atomic mass is 15.3. The van der Waals surface area contributed by atoms with E-state index >= 15 is 0 Å². The summed E-state index contributed by atoms with van der Waals surface area (Å²) in [6.45, 7) is 9.19. The van der Waals surface area contributed by atoms with Gasteiger partial charge in [0.1, 0.15) is 0 Å². The van der Waals surface area contributed by atoms with Crippen molar-refractivity contribution in [2.24, 2.45) is 5.73 Å². The molecule has 3 nitrogen and oxygen atoms in total. The molecule has 20 heavy (non-hydrogen) atoms. The van der Waals surface area contributed by atoms with Gasteiger partial charge in [-0.3, -0.25) is 9.80 Å². The molecule has 2 aliphatic rings. The number of fused-ring (bicyclic) bond motifs is 1. The van der Waals surface area contributed by atoms with Crippen LogP contribution >= 0.6 is 0 Å². The Hall–Kier alpha value is -0.900. The van der Waals surface area contributed by atoms with Gasteiger partial charge in [-0.2, -0.15) is 0 Å². The molecule has 2 fully saturated rings. The standard InChI is InChI=1S/C17H27N3/c1-13-6-3-4-8-16(13)17(14(2)18)20-11-10-19-9-5-7-15(19)12-20/h3-4,6,8,14-15,17H,5,7,9-12,18H2,1-2H3. The molecule has 0 amide bonds. The summed E-state index contributed by atoms with van der Waals surface area (Å²) >= 11 is 0. The first-order valence-electron chi connectivity index (χ1n) is 7.96. The summed E-state index contributed by atoms with van der Waals surface area (Å²) in [6.07, 6.45) is 2.72. The van der Waals surface area contributed by atoms with E-state index in [-0.39, 0.29) is 6.04 Å². The van der Waals surface area contributed by atoms with E-state index in [1.165, 1.54) is 43.6 Å². The third-order valence-electron chi connectivity index (χ3n) is 5.02. The smallest absolute Gasteiger partial charge is 0.0500 e. The van der Waals surface area contributed by atoms with Gasteiger partial charge in [-0.15, -0.1) is 0 Å². The monoisotopic (exact) mass is 273 g/mol. The van der Waals surface area contributed by atoms with Crippen LogP contribution in [-0.2, 0) is 0 Å². The van der Waals surface area contributed by atoms with Crippen LogP contribution in [0, 0.1) is 6.92 Å². The van der Waals surface area contributed by atoms with Gasteiger partial charge in [-0.05, 0) is 44.4 Å². The molecule has 1 aromatic carbocycles. The molecule has 0 radical (unpaired) electrons. The maximum absolute atomic E-state index is 6.35. The lowest BCUT2D eigenvalue weighted by Gasteiger charge is -2.43. The van der Waals surface area contributed by atoms with Crippen LogP contribution in [0.15, 0.2) is 24.3 Å². The second-order valence-corrected chi connectivity index (χ2v) is 6.49. The van der Waals surface area contributed by atoms with Crippen molar-refractivity contribution in [1.29, 1.82) is 0 Å². The lowest BCUT2D eigenvalue weighted by atomic mass is 9.94. The van der Waals surface area contributed by atoms with Crippen LogP contribution in [0.2, 0.25) is 0 Å². The van der Waals surface area contributed by atoms with Crippen LogP contribution in [-0.4, -0.2) is 48.1 Å². The fourth-order valence-corrected chi connectivity index (χ4v) is 4.00. The van der Waals surface area contributed by atoms with Gasteiger partial charge < -0.3 is 5.73 Å². The third kappa shape index (κ3) is 2.62. The number of rotatable bonds is 3. The van der Waals surface area contributed by atoms with Crippen molar-refractivity contribution in [2.45, 2.75) is 44.8 Å². The number of nitrogens with zero attached hydrogens (tertiary/aromatic N) is 2. The predicted octanol–water partition coefficient (Wildman–Crippen LogP) is 2.16. The molecular formula is C17H27N3. The Morgan fingerprint density at radius 1 is 1.20 bits per heavy atom. The highest BCUT2D eigenvalue weighted by Gasteiger charge is 2.35. The molecule has 3 rings (SSSR count). The molecule has 0 bridgehead atoms. The number of aryl methyl sites for hydroxylation is 1. The Morgan fingerprint density at radius 3 is 2.75 bits per heavy atom. The fraction of sp³-hybridized carbons (Fsp3) is 0.647. The first-order chi connectivity index (χ1) is 9.66. The maximum atomic E-state index is 6.35. The van der Waals surface area contributed by atoms with Crippen LogP contribution < -0.4 is 5.73 Å². The molecule has 3 atom stereocenters. The van der Waals surface area contributed by atoms with Gasteiger partial charge >= 0.3 is 0 Å². The molecule has 1 aromatic rings. The van der Waals surface area contributed by atoms with E-state index in [0.717, 1.165) is 12.6 Å². The topological polar surface area (TPSA) is 32.5 Å².